The molecule has 318 valence electrons. The summed E-state index contributed by atoms with van der Waals surface area (Å²) in [6.45, 7) is 43.5. The quantitative estimate of drug-likeness (QED) is 0.161. The van der Waals surface area contributed by atoms with E-state index in [1.807, 2.05) is 0 Å². The molecule has 0 saturated carbocycles. The van der Waals surface area contributed by atoms with Crippen molar-refractivity contribution < 1.29 is 0 Å². The van der Waals surface area contributed by atoms with Gasteiger partial charge in [0.25, 0.3) is 6.71 Å². The van der Waals surface area contributed by atoms with Crippen molar-refractivity contribution >= 4 is 57.2 Å². The largest absolute Gasteiger partial charge is 0.311 e. The van der Waals surface area contributed by atoms with Crippen LogP contribution in [0.1, 0.15) is 181 Å². The predicted molar refractivity (Wildman–Crippen MR) is 267 cm³/mol. The van der Waals surface area contributed by atoms with Crippen LogP contribution in [0.2, 0.25) is 0 Å². The zero-order valence-electron chi connectivity index (χ0n) is 41.1. The van der Waals surface area contributed by atoms with E-state index in [9.17, 15) is 0 Å². The van der Waals surface area contributed by atoms with Crippen LogP contribution < -0.4 is 26.2 Å². The van der Waals surface area contributed by atoms with Crippen molar-refractivity contribution in [2.75, 3.05) is 9.80 Å². The van der Waals surface area contributed by atoms with E-state index in [-0.39, 0.29) is 44.6 Å². The highest BCUT2D eigenvalue weighted by atomic mass is 15.2. The zero-order chi connectivity index (χ0) is 44.4. The van der Waals surface area contributed by atoms with E-state index >= 15 is 0 Å². The molecule has 0 atom stereocenters. The molecular weight excluding hydrogens is 735 g/mol. The van der Waals surface area contributed by atoms with Gasteiger partial charge in [0.15, 0.2) is 0 Å². The minimum atomic E-state index is -0.0830. The number of benzene rings is 5. The topological polar surface area (TPSA) is 6.48 Å². The molecule has 9 rings (SSSR count). The molecule has 0 fully saturated rings. The molecule has 2 aliphatic carbocycles. The van der Waals surface area contributed by atoms with Gasteiger partial charge in [0.2, 0.25) is 0 Å². The Kier molecular flexibility index (Phi) is 8.92. The summed E-state index contributed by atoms with van der Waals surface area (Å²) in [6.07, 6.45) is 3.54. The minimum Gasteiger partial charge on any atom is -0.311 e. The molecular formula is C58H73BN2. The highest BCUT2D eigenvalue weighted by Crippen LogP contribution is 2.55. The van der Waals surface area contributed by atoms with Gasteiger partial charge in [-0.15, -0.1) is 0 Å². The summed E-state index contributed by atoms with van der Waals surface area (Å²) in [4.78, 5) is 5.40. The Balaban J connectivity index is 1.45. The first kappa shape index (κ1) is 42.1. The fourth-order valence-corrected chi connectivity index (χ4v) is 12.0. The van der Waals surface area contributed by atoms with Gasteiger partial charge in [0, 0.05) is 34.1 Å². The Morgan fingerprint density at radius 2 is 0.918 bits per heavy atom. The molecule has 0 saturated heterocycles. The third kappa shape index (κ3) is 6.48. The maximum absolute atomic E-state index is 2.74. The molecule has 2 aliphatic heterocycles. The average molecular weight is 809 g/mol. The molecule has 0 amide bonds. The molecule has 0 bridgehead atoms. The van der Waals surface area contributed by atoms with Crippen LogP contribution in [-0.4, -0.2) is 6.71 Å². The normalized spacial score (nSPS) is 19.2. The number of fused-ring (bicyclic) bond motifs is 6. The number of aryl methyl sites for hydroxylation is 1. The number of anilines is 6. The lowest BCUT2D eigenvalue weighted by Crippen LogP contribution is -2.61. The standard InChI is InChI=1S/C58H73BN2/c1-35-26-40-42(56(13,14)25-24-55(40,11)12)32-46(35)61-48-33-43-41(57(15,16)34-58(43,17)18)31-45(48)59-44-23-22-37(53(5,6)7)28-47(44)60(39-21-19-20-36(27-39)52(2,3)4)49-29-38(54(8,9)10)30-50(61)51(49)59/h19-23,26-33H,24-25,34H2,1-18H3. The van der Waals surface area contributed by atoms with Gasteiger partial charge in [0.1, 0.15) is 0 Å². The summed E-state index contributed by atoms with van der Waals surface area (Å²) >= 11 is 0. The van der Waals surface area contributed by atoms with Crippen molar-refractivity contribution in [3.63, 3.8) is 0 Å². The van der Waals surface area contributed by atoms with Crippen molar-refractivity contribution in [2.24, 2.45) is 0 Å². The molecule has 2 heterocycles. The minimum absolute atomic E-state index is 0.00330. The van der Waals surface area contributed by atoms with E-state index < -0.39 is 0 Å². The van der Waals surface area contributed by atoms with Gasteiger partial charge < -0.3 is 9.80 Å². The third-order valence-corrected chi connectivity index (χ3v) is 15.7. The first-order chi connectivity index (χ1) is 28.0. The molecule has 5 aromatic rings. The van der Waals surface area contributed by atoms with Gasteiger partial charge in [-0.2, -0.15) is 0 Å². The Labute approximate surface area is 370 Å². The third-order valence-electron chi connectivity index (χ3n) is 15.7. The molecule has 0 spiro atoms. The van der Waals surface area contributed by atoms with Crippen molar-refractivity contribution in [3.05, 3.63) is 123 Å². The van der Waals surface area contributed by atoms with Gasteiger partial charge in [0.05, 0.1) is 0 Å². The van der Waals surface area contributed by atoms with E-state index in [0.29, 0.717) is 0 Å². The molecule has 0 unspecified atom stereocenters. The second-order valence-corrected chi connectivity index (χ2v) is 25.5. The lowest BCUT2D eigenvalue weighted by Gasteiger charge is -2.47. The lowest BCUT2D eigenvalue weighted by atomic mass is 9.33. The first-order valence-corrected chi connectivity index (χ1v) is 23.4. The van der Waals surface area contributed by atoms with Crippen LogP contribution in [0.3, 0.4) is 0 Å². The first-order valence-electron chi connectivity index (χ1n) is 23.4. The fourth-order valence-electron chi connectivity index (χ4n) is 12.0. The molecule has 0 aromatic heterocycles. The highest BCUT2D eigenvalue weighted by Gasteiger charge is 2.49. The maximum atomic E-state index is 2.74. The number of hydrogen-bond acceptors (Lipinski definition) is 2. The van der Waals surface area contributed by atoms with E-state index in [0.717, 1.165) is 6.42 Å². The maximum Gasteiger partial charge on any atom is 0.252 e. The molecule has 3 heteroatoms. The van der Waals surface area contributed by atoms with Gasteiger partial charge in [-0.25, -0.2) is 0 Å². The number of rotatable bonds is 2. The molecule has 2 nitrogen and oxygen atoms in total. The van der Waals surface area contributed by atoms with Gasteiger partial charge in [-0.05, 0) is 167 Å². The summed E-state index contributed by atoms with van der Waals surface area (Å²) in [5.74, 6) is 0. The highest BCUT2D eigenvalue weighted by molar-refractivity contribution is 7.00. The average Bonchev–Trinajstić information content (AvgIpc) is 3.33. The van der Waals surface area contributed by atoms with Gasteiger partial charge in [-0.1, -0.05) is 154 Å². The molecule has 0 radical (unpaired) electrons. The van der Waals surface area contributed by atoms with Crippen LogP contribution in [-0.2, 0) is 37.9 Å². The molecule has 5 aromatic carbocycles. The Bertz CT molecular complexity index is 2650. The van der Waals surface area contributed by atoms with Crippen LogP contribution in [0.4, 0.5) is 34.1 Å². The summed E-state index contributed by atoms with van der Waals surface area (Å²) in [5.41, 5.74) is 23.9. The van der Waals surface area contributed by atoms with Crippen molar-refractivity contribution in [1.29, 1.82) is 0 Å². The van der Waals surface area contributed by atoms with Crippen LogP contribution in [0.5, 0.6) is 0 Å². The Morgan fingerprint density at radius 3 is 1.51 bits per heavy atom. The monoisotopic (exact) mass is 809 g/mol. The Hall–Kier alpha value is -4.24. The Morgan fingerprint density at radius 1 is 0.443 bits per heavy atom. The van der Waals surface area contributed by atoms with Crippen LogP contribution >= 0.6 is 0 Å². The van der Waals surface area contributed by atoms with Crippen LogP contribution in [0, 0.1) is 6.92 Å². The second kappa shape index (κ2) is 12.9. The SMILES string of the molecule is Cc1cc2c(cc1N1c3cc4c(cc3B3c5ccc(C(C)(C)C)cc5N(c5cccc(C(C)(C)C)c5)c5cc(C(C)(C)C)cc1c53)C(C)(C)CC4(C)C)C(C)(C)CCC2(C)C. The van der Waals surface area contributed by atoms with E-state index in [1.165, 1.54) is 108 Å². The van der Waals surface area contributed by atoms with Crippen molar-refractivity contribution in [2.45, 2.75) is 182 Å². The second-order valence-electron chi connectivity index (χ2n) is 25.5. The van der Waals surface area contributed by atoms with E-state index in [4.69, 9.17) is 0 Å². The number of hydrogen-bond donors (Lipinski definition) is 0. The van der Waals surface area contributed by atoms with E-state index in [2.05, 4.69) is 213 Å². The number of nitrogens with zero attached hydrogens (tertiary/aromatic N) is 2. The fraction of sp³-hybridized carbons (Fsp3) is 0.483. The molecule has 0 N–H and O–H groups in total. The molecule has 61 heavy (non-hydrogen) atoms. The van der Waals surface area contributed by atoms with E-state index in [1.54, 1.807) is 0 Å². The predicted octanol–water partition coefficient (Wildman–Crippen LogP) is 14.3. The summed E-state index contributed by atoms with van der Waals surface area (Å²) in [7, 11) is 0. The summed E-state index contributed by atoms with van der Waals surface area (Å²) in [5, 5.41) is 0. The van der Waals surface area contributed by atoms with Crippen LogP contribution in [0.25, 0.3) is 0 Å². The summed E-state index contributed by atoms with van der Waals surface area (Å²) in [6, 6.07) is 32.6. The smallest absolute Gasteiger partial charge is 0.252 e. The summed E-state index contributed by atoms with van der Waals surface area (Å²) < 4.78 is 0. The van der Waals surface area contributed by atoms with Crippen molar-refractivity contribution in [1.82, 2.24) is 0 Å². The molecule has 4 aliphatic rings. The van der Waals surface area contributed by atoms with Gasteiger partial charge >= 0.3 is 0 Å². The lowest BCUT2D eigenvalue weighted by molar-refractivity contribution is 0.332. The zero-order valence-corrected chi connectivity index (χ0v) is 41.1. The van der Waals surface area contributed by atoms with Gasteiger partial charge in [-0.3, -0.25) is 0 Å². The van der Waals surface area contributed by atoms with Crippen molar-refractivity contribution in [3.8, 4) is 0 Å². The van der Waals surface area contributed by atoms with Crippen LogP contribution in [0.15, 0.2) is 78.9 Å².